The monoisotopic (exact) mass is 282 g/mol. The van der Waals surface area contributed by atoms with Crippen LogP contribution in [0.5, 0.6) is 0 Å². The summed E-state index contributed by atoms with van der Waals surface area (Å²) in [5.74, 6) is -0.126. The molecule has 7 nitrogen and oxygen atoms in total. The minimum Gasteiger partial charge on any atom is -0.481 e. The Balaban J connectivity index is 2.14. The van der Waals surface area contributed by atoms with E-state index >= 15 is 0 Å². The van der Waals surface area contributed by atoms with Gasteiger partial charge in [0.2, 0.25) is 0 Å². The lowest BCUT2D eigenvalue weighted by molar-refractivity contribution is -0.149. The number of carboxylic acids is 1. The van der Waals surface area contributed by atoms with Gasteiger partial charge in [-0.2, -0.15) is 0 Å². The first-order valence-corrected chi connectivity index (χ1v) is 6.98. The molecule has 7 heteroatoms. The van der Waals surface area contributed by atoms with Gasteiger partial charge in [0, 0.05) is 13.5 Å². The summed E-state index contributed by atoms with van der Waals surface area (Å²) in [7, 11) is 1.71. The van der Waals surface area contributed by atoms with Gasteiger partial charge in [0.05, 0.1) is 17.6 Å². The number of hydrogen-bond donors (Lipinski definition) is 1. The largest absolute Gasteiger partial charge is 0.481 e. The van der Waals surface area contributed by atoms with Gasteiger partial charge in [-0.15, -0.1) is 5.10 Å². The molecule has 0 amide bonds. The van der Waals surface area contributed by atoms with Crippen molar-refractivity contribution in [3.8, 4) is 0 Å². The van der Waals surface area contributed by atoms with Crippen molar-refractivity contribution in [3.63, 3.8) is 0 Å². The molecule has 2 rings (SSSR count). The van der Waals surface area contributed by atoms with Crippen molar-refractivity contribution in [2.24, 2.45) is 5.41 Å². The van der Waals surface area contributed by atoms with Gasteiger partial charge in [-0.3, -0.25) is 4.79 Å². The molecule has 0 bridgehead atoms. The van der Waals surface area contributed by atoms with Crippen LogP contribution in [0.2, 0.25) is 0 Å². The standard InChI is InChI=1S/C13H22N4O3/c1-4-12(2,11(18)19)9-17-10(14-15-16-17)8-13(20-3)6-5-7-13/h4-9H2,1-3H3,(H,18,19). The highest BCUT2D eigenvalue weighted by atomic mass is 16.5. The molecule has 1 unspecified atom stereocenters. The molecule has 1 aliphatic carbocycles. The molecule has 1 heterocycles. The summed E-state index contributed by atoms with van der Waals surface area (Å²) < 4.78 is 7.19. The molecule has 1 aliphatic rings. The maximum atomic E-state index is 11.4. The van der Waals surface area contributed by atoms with E-state index in [4.69, 9.17) is 4.74 Å². The molecule has 1 aromatic heterocycles. The smallest absolute Gasteiger partial charge is 0.311 e. The second-order valence-electron chi connectivity index (χ2n) is 5.89. The number of carbonyl (C=O) groups is 1. The fourth-order valence-corrected chi connectivity index (χ4v) is 2.45. The average molecular weight is 282 g/mol. The van der Waals surface area contributed by atoms with E-state index in [1.165, 1.54) is 0 Å². The van der Waals surface area contributed by atoms with Crippen molar-refractivity contribution >= 4 is 5.97 Å². The van der Waals surface area contributed by atoms with E-state index in [-0.39, 0.29) is 12.1 Å². The van der Waals surface area contributed by atoms with Crippen LogP contribution in [0.4, 0.5) is 0 Å². The minimum absolute atomic E-state index is 0.168. The minimum atomic E-state index is -0.857. The third-order valence-corrected chi connectivity index (χ3v) is 4.58. The lowest BCUT2D eigenvalue weighted by Crippen LogP contribution is -2.42. The molecule has 0 radical (unpaired) electrons. The average Bonchev–Trinajstić information content (AvgIpc) is 2.80. The summed E-state index contributed by atoms with van der Waals surface area (Å²) in [6.07, 6.45) is 4.31. The summed E-state index contributed by atoms with van der Waals surface area (Å²) in [5, 5.41) is 21.0. The SMILES string of the molecule is CCC(C)(Cn1nnnc1CC1(OC)CCC1)C(=O)O. The fraction of sp³-hybridized carbons (Fsp3) is 0.846. The number of ether oxygens (including phenoxy) is 1. The Bertz CT molecular complexity index is 478. The highest BCUT2D eigenvalue weighted by Gasteiger charge is 2.40. The molecule has 1 aromatic rings. The first-order valence-electron chi connectivity index (χ1n) is 6.98. The van der Waals surface area contributed by atoms with Crippen LogP contribution in [-0.2, 0) is 22.5 Å². The van der Waals surface area contributed by atoms with E-state index in [1.54, 1.807) is 18.7 Å². The number of tetrazole rings is 1. The zero-order valence-corrected chi connectivity index (χ0v) is 12.3. The molecular weight excluding hydrogens is 260 g/mol. The second kappa shape index (κ2) is 5.47. The quantitative estimate of drug-likeness (QED) is 0.810. The molecule has 0 aliphatic heterocycles. The molecule has 1 fully saturated rings. The predicted molar refractivity (Wildman–Crippen MR) is 71.1 cm³/mol. The number of nitrogens with zero attached hydrogens (tertiary/aromatic N) is 4. The highest BCUT2D eigenvalue weighted by Crippen LogP contribution is 2.37. The van der Waals surface area contributed by atoms with Crippen LogP contribution in [0.25, 0.3) is 0 Å². The molecule has 0 spiro atoms. The van der Waals surface area contributed by atoms with Crippen molar-refractivity contribution in [1.82, 2.24) is 20.2 Å². The predicted octanol–water partition coefficient (Wildman–Crippen LogP) is 1.29. The molecule has 0 aromatic carbocycles. The fourth-order valence-electron chi connectivity index (χ4n) is 2.45. The van der Waals surface area contributed by atoms with Crippen LogP contribution in [0.3, 0.4) is 0 Å². The Morgan fingerprint density at radius 3 is 2.70 bits per heavy atom. The van der Waals surface area contributed by atoms with Crippen molar-refractivity contribution in [1.29, 1.82) is 0 Å². The summed E-state index contributed by atoms with van der Waals surface area (Å²) >= 11 is 0. The molecule has 112 valence electrons. The van der Waals surface area contributed by atoms with E-state index in [2.05, 4.69) is 15.5 Å². The van der Waals surface area contributed by atoms with Crippen LogP contribution < -0.4 is 0 Å². The summed E-state index contributed by atoms with van der Waals surface area (Å²) in [5.41, 5.74) is -1.03. The number of rotatable bonds is 7. The molecule has 20 heavy (non-hydrogen) atoms. The van der Waals surface area contributed by atoms with Crippen LogP contribution >= 0.6 is 0 Å². The van der Waals surface area contributed by atoms with Gasteiger partial charge in [-0.05, 0) is 43.0 Å². The van der Waals surface area contributed by atoms with E-state index in [1.807, 2.05) is 6.92 Å². The van der Waals surface area contributed by atoms with Crippen LogP contribution in [0.15, 0.2) is 0 Å². The number of carboxylic acid groups (broad SMARTS) is 1. The Morgan fingerprint density at radius 2 is 2.25 bits per heavy atom. The van der Waals surface area contributed by atoms with Gasteiger partial charge in [0.1, 0.15) is 0 Å². The Kier molecular flexibility index (Phi) is 4.08. The third kappa shape index (κ3) is 2.67. The number of hydrogen-bond acceptors (Lipinski definition) is 5. The molecular formula is C13H22N4O3. The Hall–Kier alpha value is -1.50. The van der Waals surface area contributed by atoms with E-state index < -0.39 is 11.4 Å². The lowest BCUT2D eigenvalue weighted by Gasteiger charge is -2.40. The first kappa shape index (κ1) is 14.9. The van der Waals surface area contributed by atoms with Crippen LogP contribution in [0, 0.1) is 5.41 Å². The number of aromatic nitrogens is 4. The van der Waals surface area contributed by atoms with Crippen molar-refractivity contribution in [2.75, 3.05) is 7.11 Å². The topological polar surface area (TPSA) is 90.1 Å². The molecule has 1 atom stereocenters. The number of aliphatic carboxylic acids is 1. The van der Waals surface area contributed by atoms with Crippen molar-refractivity contribution in [2.45, 2.75) is 58.1 Å². The van der Waals surface area contributed by atoms with Gasteiger partial charge >= 0.3 is 5.97 Å². The van der Waals surface area contributed by atoms with Crippen LogP contribution in [-0.4, -0.2) is 44.0 Å². The van der Waals surface area contributed by atoms with Gasteiger partial charge in [-0.1, -0.05) is 6.92 Å². The maximum absolute atomic E-state index is 11.4. The van der Waals surface area contributed by atoms with Crippen molar-refractivity contribution in [3.05, 3.63) is 5.82 Å². The third-order valence-electron chi connectivity index (χ3n) is 4.58. The highest BCUT2D eigenvalue weighted by molar-refractivity contribution is 5.73. The van der Waals surface area contributed by atoms with Gasteiger partial charge < -0.3 is 9.84 Å². The zero-order chi connectivity index (χ0) is 14.8. The van der Waals surface area contributed by atoms with E-state index in [9.17, 15) is 9.90 Å². The summed E-state index contributed by atoms with van der Waals surface area (Å²) in [4.78, 5) is 11.4. The normalized spacial score (nSPS) is 20.1. The molecule has 1 saturated carbocycles. The van der Waals surface area contributed by atoms with Gasteiger partial charge in [0.15, 0.2) is 5.82 Å². The summed E-state index contributed by atoms with van der Waals surface area (Å²) in [6, 6.07) is 0. The Labute approximate surface area is 118 Å². The van der Waals surface area contributed by atoms with Crippen molar-refractivity contribution < 1.29 is 14.6 Å². The van der Waals surface area contributed by atoms with Gasteiger partial charge in [0.25, 0.3) is 0 Å². The first-order chi connectivity index (χ1) is 9.45. The molecule has 1 N–H and O–H groups in total. The summed E-state index contributed by atoms with van der Waals surface area (Å²) in [6.45, 7) is 3.86. The second-order valence-corrected chi connectivity index (χ2v) is 5.89. The van der Waals surface area contributed by atoms with Gasteiger partial charge in [-0.25, -0.2) is 4.68 Å². The Morgan fingerprint density at radius 1 is 1.55 bits per heavy atom. The lowest BCUT2D eigenvalue weighted by atomic mass is 9.77. The molecule has 0 saturated heterocycles. The maximum Gasteiger partial charge on any atom is 0.311 e. The number of methoxy groups -OCH3 is 1. The van der Waals surface area contributed by atoms with E-state index in [0.29, 0.717) is 18.7 Å². The van der Waals surface area contributed by atoms with Crippen LogP contribution in [0.1, 0.15) is 45.4 Å². The van der Waals surface area contributed by atoms with E-state index in [0.717, 1.165) is 19.3 Å². The zero-order valence-electron chi connectivity index (χ0n) is 12.3.